The number of benzene rings is 1. The Hall–Kier alpha value is -2.32. The molecule has 0 saturated heterocycles. The van der Waals surface area contributed by atoms with Crippen LogP contribution in [0.3, 0.4) is 0 Å². The van der Waals surface area contributed by atoms with Crippen molar-refractivity contribution in [1.82, 2.24) is 4.90 Å². The third-order valence-corrected chi connectivity index (χ3v) is 3.41. The number of carbonyl (C=O) groups is 2. The van der Waals surface area contributed by atoms with Crippen LogP contribution < -0.4 is 9.47 Å². The van der Waals surface area contributed by atoms with Gasteiger partial charge in [0, 0.05) is 13.1 Å². The Morgan fingerprint density at radius 3 is 2.50 bits per heavy atom. The third kappa shape index (κ3) is 8.17. The molecule has 1 N–H and O–H groups in total. The number of rotatable bonds is 13. The van der Waals surface area contributed by atoms with E-state index in [-0.39, 0.29) is 57.8 Å². The highest BCUT2D eigenvalue weighted by Gasteiger charge is 2.17. The van der Waals surface area contributed by atoms with Gasteiger partial charge >= 0.3 is 5.97 Å². The van der Waals surface area contributed by atoms with Crippen LogP contribution in [0, 0.1) is 0 Å². The first kappa shape index (κ1) is 21.7. The number of ether oxygens (including phenoxy) is 4. The highest BCUT2D eigenvalue weighted by Crippen LogP contribution is 2.25. The zero-order valence-electron chi connectivity index (χ0n) is 15.3. The summed E-state index contributed by atoms with van der Waals surface area (Å²) in [6.07, 6.45) is 0.0915. The van der Waals surface area contributed by atoms with Crippen LogP contribution >= 0.6 is 0 Å². The highest BCUT2D eigenvalue weighted by molar-refractivity contribution is 5.78. The molecule has 0 heterocycles. The molecule has 0 unspecified atom stereocenters. The Morgan fingerprint density at radius 1 is 1.12 bits per heavy atom. The van der Waals surface area contributed by atoms with Gasteiger partial charge < -0.3 is 29.0 Å². The van der Waals surface area contributed by atoms with Gasteiger partial charge in [-0.3, -0.25) is 9.59 Å². The van der Waals surface area contributed by atoms with Crippen molar-refractivity contribution in [2.75, 3.05) is 53.2 Å². The van der Waals surface area contributed by atoms with E-state index in [0.717, 1.165) is 0 Å². The van der Waals surface area contributed by atoms with Gasteiger partial charge in [-0.05, 0) is 19.1 Å². The zero-order valence-corrected chi connectivity index (χ0v) is 15.3. The summed E-state index contributed by atoms with van der Waals surface area (Å²) >= 11 is 0. The molecule has 0 atom stereocenters. The molecule has 1 aromatic rings. The first-order valence-corrected chi connectivity index (χ1v) is 8.50. The predicted molar refractivity (Wildman–Crippen MR) is 94.2 cm³/mol. The van der Waals surface area contributed by atoms with Crippen LogP contribution in [0.5, 0.6) is 11.5 Å². The molecule has 0 aliphatic rings. The van der Waals surface area contributed by atoms with Crippen molar-refractivity contribution in [2.45, 2.75) is 13.3 Å². The lowest BCUT2D eigenvalue weighted by atomic mass is 10.3. The minimum atomic E-state index is -0.368. The van der Waals surface area contributed by atoms with Crippen molar-refractivity contribution in [2.24, 2.45) is 0 Å². The maximum absolute atomic E-state index is 12.5. The molecule has 0 bridgehead atoms. The summed E-state index contributed by atoms with van der Waals surface area (Å²) < 4.78 is 20.8. The Labute approximate surface area is 153 Å². The number of aliphatic hydroxyl groups excluding tert-OH is 1. The van der Waals surface area contributed by atoms with Gasteiger partial charge in [0.05, 0.1) is 40.0 Å². The number of hydrogen-bond acceptors (Lipinski definition) is 7. The van der Waals surface area contributed by atoms with Crippen LogP contribution in [0.2, 0.25) is 0 Å². The number of carbonyl (C=O) groups excluding carboxylic acids is 2. The quantitative estimate of drug-likeness (QED) is 0.407. The van der Waals surface area contributed by atoms with Gasteiger partial charge in [0.1, 0.15) is 0 Å². The van der Waals surface area contributed by atoms with Crippen LogP contribution in [-0.2, 0) is 19.1 Å². The van der Waals surface area contributed by atoms with Crippen molar-refractivity contribution in [3.05, 3.63) is 24.3 Å². The molecule has 26 heavy (non-hydrogen) atoms. The van der Waals surface area contributed by atoms with E-state index in [1.807, 2.05) is 0 Å². The number of para-hydroxylation sites is 2. The number of aliphatic hydroxyl groups is 1. The second-order valence-electron chi connectivity index (χ2n) is 5.21. The summed E-state index contributed by atoms with van der Waals surface area (Å²) in [5.41, 5.74) is 0. The van der Waals surface area contributed by atoms with Crippen molar-refractivity contribution in [3.63, 3.8) is 0 Å². The van der Waals surface area contributed by atoms with E-state index < -0.39 is 0 Å². The van der Waals surface area contributed by atoms with Crippen molar-refractivity contribution in [3.8, 4) is 11.5 Å². The van der Waals surface area contributed by atoms with Crippen LogP contribution in [0.25, 0.3) is 0 Å². The normalized spacial score (nSPS) is 10.3. The van der Waals surface area contributed by atoms with Gasteiger partial charge in [0.2, 0.25) is 0 Å². The van der Waals surface area contributed by atoms with Crippen LogP contribution in [0.4, 0.5) is 0 Å². The van der Waals surface area contributed by atoms with Gasteiger partial charge in [-0.1, -0.05) is 12.1 Å². The monoisotopic (exact) mass is 369 g/mol. The van der Waals surface area contributed by atoms with Crippen LogP contribution in [-0.4, -0.2) is 75.1 Å². The second-order valence-corrected chi connectivity index (χ2v) is 5.21. The summed E-state index contributed by atoms with van der Waals surface area (Å²) in [5.74, 6) is 0.343. The van der Waals surface area contributed by atoms with E-state index in [2.05, 4.69) is 0 Å². The molecule has 0 spiro atoms. The smallest absolute Gasteiger partial charge is 0.307 e. The van der Waals surface area contributed by atoms with Gasteiger partial charge in [0.15, 0.2) is 18.1 Å². The molecule has 1 rings (SSSR count). The first-order chi connectivity index (χ1) is 12.6. The van der Waals surface area contributed by atoms with E-state index in [0.29, 0.717) is 18.1 Å². The molecular weight excluding hydrogens is 342 g/mol. The molecule has 1 amide bonds. The third-order valence-electron chi connectivity index (χ3n) is 3.41. The summed E-state index contributed by atoms with van der Waals surface area (Å²) in [7, 11) is 1.52. The molecule has 8 heteroatoms. The number of hydrogen-bond donors (Lipinski definition) is 1. The Kier molecular flexibility index (Phi) is 10.8. The Bertz CT molecular complexity index is 550. The lowest BCUT2D eigenvalue weighted by Crippen LogP contribution is -2.39. The Morgan fingerprint density at radius 2 is 1.85 bits per heavy atom. The molecule has 0 radical (unpaired) electrons. The topological polar surface area (TPSA) is 94.5 Å². The molecular formula is C18H27NO7. The fourth-order valence-corrected chi connectivity index (χ4v) is 2.13. The lowest BCUT2D eigenvalue weighted by molar-refractivity contribution is -0.144. The SMILES string of the molecule is CCOC(=O)CCN(CCOCCO)C(=O)COc1ccccc1OC. The van der Waals surface area contributed by atoms with E-state index >= 15 is 0 Å². The summed E-state index contributed by atoms with van der Waals surface area (Å²) in [6.45, 7) is 2.68. The fraction of sp³-hybridized carbons (Fsp3) is 0.556. The maximum atomic E-state index is 12.5. The van der Waals surface area contributed by atoms with Gasteiger partial charge in [-0.2, -0.15) is 0 Å². The Balaban J connectivity index is 2.58. The molecule has 0 aliphatic heterocycles. The lowest BCUT2D eigenvalue weighted by Gasteiger charge is -2.22. The molecule has 0 fully saturated rings. The van der Waals surface area contributed by atoms with Crippen LogP contribution in [0.1, 0.15) is 13.3 Å². The largest absolute Gasteiger partial charge is 0.493 e. The average molecular weight is 369 g/mol. The minimum Gasteiger partial charge on any atom is -0.493 e. The molecule has 0 saturated carbocycles. The fourth-order valence-electron chi connectivity index (χ4n) is 2.13. The van der Waals surface area contributed by atoms with Crippen molar-refractivity contribution < 1.29 is 33.6 Å². The van der Waals surface area contributed by atoms with Crippen molar-refractivity contribution in [1.29, 1.82) is 0 Å². The predicted octanol–water partition coefficient (Wildman–Crippen LogP) is 0.865. The summed E-state index contributed by atoms with van der Waals surface area (Å²) in [5, 5.41) is 8.74. The standard InChI is InChI=1S/C18H27NO7/c1-3-25-18(22)8-9-19(10-12-24-13-11-20)17(21)14-26-16-7-5-4-6-15(16)23-2/h4-7,20H,3,8-14H2,1-2H3. The maximum Gasteiger partial charge on any atom is 0.307 e. The zero-order chi connectivity index (χ0) is 19.2. The van der Waals surface area contributed by atoms with E-state index in [1.54, 1.807) is 31.2 Å². The molecule has 8 nitrogen and oxygen atoms in total. The number of amides is 1. The number of esters is 1. The second kappa shape index (κ2) is 13.0. The molecule has 0 aliphatic carbocycles. The van der Waals surface area contributed by atoms with Gasteiger partial charge in [-0.25, -0.2) is 0 Å². The minimum absolute atomic E-state index is 0.0896. The first-order valence-electron chi connectivity index (χ1n) is 8.50. The summed E-state index contributed by atoms with van der Waals surface area (Å²) in [6, 6.07) is 7.03. The summed E-state index contributed by atoms with van der Waals surface area (Å²) in [4.78, 5) is 25.5. The van der Waals surface area contributed by atoms with Gasteiger partial charge in [-0.15, -0.1) is 0 Å². The molecule has 1 aromatic carbocycles. The average Bonchev–Trinajstić information content (AvgIpc) is 2.66. The number of nitrogens with zero attached hydrogens (tertiary/aromatic N) is 1. The van der Waals surface area contributed by atoms with E-state index in [1.165, 1.54) is 12.0 Å². The van der Waals surface area contributed by atoms with Gasteiger partial charge in [0.25, 0.3) is 5.91 Å². The van der Waals surface area contributed by atoms with E-state index in [9.17, 15) is 9.59 Å². The molecule has 0 aromatic heterocycles. The number of methoxy groups -OCH3 is 1. The van der Waals surface area contributed by atoms with Crippen molar-refractivity contribution >= 4 is 11.9 Å². The van der Waals surface area contributed by atoms with Crippen LogP contribution in [0.15, 0.2) is 24.3 Å². The highest BCUT2D eigenvalue weighted by atomic mass is 16.5. The van der Waals surface area contributed by atoms with E-state index in [4.69, 9.17) is 24.1 Å². The molecule has 146 valence electrons.